The Balaban J connectivity index is 0.00000112. The van der Waals surface area contributed by atoms with Crippen molar-refractivity contribution >= 4 is 41.7 Å². The molecule has 0 unspecified atom stereocenters. The zero-order valence-electron chi connectivity index (χ0n) is 8.90. The molecule has 5 heteroatoms. The number of hydrogen-bond acceptors (Lipinski definition) is 1. The van der Waals surface area contributed by atoms with Crippen molar-refractivity contribution < 1.29 is 9.90 Å². The first-order valence-electron chi connectivity index (χ1n) is 4.42. The summed E-state index contributed by atoms with van der Waals surface area (Å²) in [5.74, 6) is -0.892. The van der Waals surface area contributed by atoms with Gasteiger partial charge in [-0.3, -0.25) is 0 Å². The van der Waals surface area contributed by atoms with Crippen LogP contribution in [0, 0.1) is 13.8 Å². The summed E-state index contributed by atoms with van der Waals surface area (Å²) in [6.45, 7) is 3.93. The van der Waals surface area contributed by atoms with Gasteiger partial charge in [-0.15, -0.1) is 24.8 Å². The van der Waals surface area contributed by atoms with Gasteiger partial charge in [0.1, 0.15) is 0 Å². The molecule has 0 bridgehead atoms. The monoisotopic (exact) mass is 261 g/mol. The smallest absolute Gasteiger partial charge is 0.337 e. The van der Waals surface area contributed by atoms with Crippen LogP contribution in [0.15, 0.2) is 18.2 Å². The summed E-state index contributed by atoms with van der Waals surface area (Å²) in [5, 5.41) is 9.95. The number of carboxylic acids is 1. The summed E-state index contributed by atoms with van der Waals surface area (Å²) in [4.78, 5) is 14.0. The molecule has 0 radical (unpaired) electrons. The highest BCUT2D eigenvalue weighted by molar-refractivity contribution is 6.03. The molecule has 0 amide bonds. The molecule has 1 aromatic heterocycles. The third-order valence-corrected chi connectivity index (χ3v) is 2.57. The van der Waals surface area contributed by atoms with Crippen molar-refractivity contribution in [3.8, 4) is 0 Å². The van der Waals surface area contributed by atoms with E-state index in [0.717, 1.165) is 22.2 Å². The standard InChI is InChI=1S/C11H11NO2.2ClH/c1-6-7(2)12-10-8(6)4-3-5-9(10)11(13)14;;/h3-5,12H,1-2H3,(H,13,14);2*1H. The van der Waals surface area contributed by atoms with E-state index < -0.39 is 5.97 Å². The molecule has 2 rings (SSSR count). The van der Waals surface area contributed by atoms with E-state index in [9.17, 15) is 4.79 Å². The molecule has 0 fully saturated rings. The maximum atomic E-state index is 10.9. The molecule has 16 heavy (non-hydrogen) atoms. The zero-order chi connectivity index (χ0) is 10.3. The number of carboxylic acid groups (broad SMARTS) is 1. The van der Waals surface area contributed by atoms with E-state index in [0.29, 0.717) is 5.56 Å². The number of H-pyrrole nitrogens is 1. The van der Waals surface area contributed by atoms with E-state index in [1.165, 1.54) is 0 Å². The van der Waals surface area contributed by atoms with Gasteiger partial charge in [0, 0.05) is 11.1 Å². The Morgan fingerprint density at radius 2 is 1.88 bits per heavy atom. The lowest BCUT2D eigenvalue weighted by atomic mass is 10.1. The van der Waals surface area contributed by atoms with E-state index in [4.69, 9.17) is 5.11 Å². The number of fused-ring (bicyclic) bond motifs is 1. The fourth-order valence-corrected chi connectivity index (χ4v) is 1.66. The zero-order valence-corrected chi connectivity index (χ0v) is 10.5. The van der Waals surface area contributed by atoms with Crippen molar-refractivity contribution in [1.29, 1.82) is 0 Å². The molecule has 3 nitrogen and oxygen atoms in total. The third-order valence-electron chi connectivity index (χ3n) is 2.57. The highest BCUT2D eigenvalue weighted by Gasteiger charge is 2.11. The molecule has 2 aromatic rings. The van der Waals surface area contributed by atoms with E-state index in [2.05, 4.69) is 4.98 Å². The molecule has 0 aliphatic carbocycles. The van der Waals surface area contributed by atoms with Gasteiger partial charge in [0.05, 0.1) is 11.1 Å². The normalized spacial score (nSPS) is 9.38. The lowest BCUT2D eigenvalue weighted by molar-refractivity contribution is 0.0699. The predicted octanol–water partition coefficient (Wildman–Crippen LogP) is 3.33. The summed E-state index contributed by atoms with van der Waals surface area (Å²) >= 11 is 0. The minimum atomic E-state index is -0.892. The number of para-hydroxylation sites is 1. The molecular formula is C11H13Cl2NO2. The fraction of sp³-hybridized carbons (Fsp3) is 0.182. The first-order chi connectivity index (χ1) is 6.61. The van der Waals surface area contributed by atoms with E-state index in [1.54, 1.807) is 12.1 Å². The lowest BCUT2D eigenvalue weighted by Gasteiger charge is -1.96. The molecular weight excluding hydrogens is 249 g/mol. The van der Waals surface area contributed by atoms with Gasteiger partial charge in [-0.1, -0.05) is 12.1 Å². The lowest BCUT2D eigenvalue weighted by Crippen LogP contribution is -1.96. The Labute approximate surface area is 106 Å². The Bertz CT molecular complexity index is 520. The van der Waals surface area contributed by atoms with Crippen molar-refractivity contribution in [1.82, 2.24) is 4.98 Å². The average Bonchev–Trinajstić information content (AvgIpc) is 2.43. The summed E-state index contributed by atoms with van der Waals surface area (Å²) in [6.07, 6.45) is 0. The number of carbonyl (C=O) groups is 1. The quantitative estimate of drug-likeness (QED) is 0.828. The van der Waals surface area contributed by atoms with Gasteiger partial charge < -0.3 is 10.1 Å². The Kier molecular flexibility index (Phi) is 4.84. The highest BCUT2D eigenvalue weighted by atomic mass is 35.5. The largest absolute Gasteiger partial charge is 0.478 e. The van der Waals surface area contributed by atoms with Crippen LogP contribution in [0.4, 0.5) is 0 Å². The molecule has 1 heterocycles. The van der Waals surface area contributed by atoms with Gasteiger partial charge >= 0.3 is 5.97 Å². The average molecular weight is 262 g/mol. The molecule has 1 aromatic carbocycles. The van der Waals surface area contributed by atoms with Crippen LogP contribution in [0.25, 0.3) is 10.9 Å². The summed E-state index contributed by atoms with van der Waals surface area (Å²) in [7, 11) is 0. The number of aromatic amines is 1. The Morgan fingerprint density at radius 1 is 1.25 bits per heavy atom. The van der Waals surface area contributed by atoms with Crippen molar-refractivity contribution in [2.75, 3.05) is 0 Å². The molecule has 0 saturated carbocycles. The second kappa shape index (κ2) is 5.23. The van der Waals surface area contributed by atoms with E-state index in [1.807, 2.05) is 19.9 Å². The van der Waals surface area contributed by atoms with Crippen LogP contribution >= 0.6 is 24.8 Å². The van der Waals surface area contributed by atoms with Crippen LogP contribution in [0.1, 0.15) is 21.6 Å². The first-order valence-corrected chi connectivity index (χ1v) is 4.42. The van der Waals surface area contributed by atoms with Gasteiger partial charge in [-0.25, -0.2) is 4.79 Å². The van der Waals surface area contributed by atoms with Crippen LogP contribution in [0.5, 0.6) is 0 Å². The molecule has 0 aliphatic heterocycles. The molecule has 0 saturated heterocycles. The number of aromatic carboxylic acids is 1. The molecule has 2 N–H and O–H groups in total. The van der Waals surface area contributed by atoms with Crippen molar-refractivity contribution in [3.63, 3.8) is 0 Å². The number of benzene rings is 1. The Morgan fingerprint density at radius 3 is 2.44 bits per heavy atom. The maximum Gasteiger partial charge on any atom is 0.337 e. The van der Waals surface area contributed by atoms with Gasteiger partial charge in [-0.05, 0) is 25.5 Å². The third kappa shape index (κ3) is 2.15. The second-order valence-electron chi connectivity index (χ2n) is 3.41. The van der Waals surface area contributed by atoms with Gasteiger partial charge in [0.2, 0.25) is 0 Å². The second-order valence-corrected chi connectivity index (χ2v) is 3.41. The van der Waals surface area contributed by atoms with E-state index in [-0.39, 0.29) is 24.8 Å². The molecule has 0 spiro atoms. The molecule has 0 aliphatic rings. The van der Waals surface area contributed by atoms with Crippen LogP contribution in [-0.2, 0) is 0 Å². The summed E-state index contributed by atoms with van der Waals surface area (Å²) in [5.41, 5.74) is 3.19. The topological polar surface area (TPSA) is 53.1 Å². The van der Waals surface area contributed by atoms with Crippen LogP contribution in [0.3, 0.4) is 0 Å². The van der Waals surface area contributed by atoms with Crippen molar-refractivity contribution in [2.45, 2.75) is 13.8 Å². The molecule has 0 atom stereocenters. The first kappa shape index (κ1) is 14.8. The maximum absolute atomic E-state index is 10.9. The van der Waals surface area contributed by atoms with Gasteiger partial charge in [0.15, 0.2) is 0 Å². The summed E-state index contributed by atoms with van der Waals surface area (Å²) < 4.78 is 0. The van der Waals surface area contributed by atoms with E-state index >= 15 is 0 Å². The van der Waals surface area contributed by atoms with Crippen LogP contribution < -0.4 is 0 Å². The fourth-order valence-electron chi connectivity index (χ4n) is 1.66. The van der Waals surface area contributed by atoms with Crippen LogP contribution in [0.2, 0.25) is 0 Å². The minimum Gasteiger partial charge on any atom is -0.478 e. The Hall–Kier alpha value is -1.19. The van der Waals surface area contributed by atoms with Crippen molar-refractivity contribution in [3.05, 3.63) is 35.0 Å². The van der Waals surface area contributed by atoms with Gasteiger partial charge in [-0.2, -0.15) is 0 Å². The van der Waals surface area contributed by atoms with Crippen molar-refractivity contribution in [2.24, 2.45) is 0 Å². The molecule has 88 valence electrons. The number of halogens is 2. The number of aryl methyl sites for hydroxylation is 2. The van der Waals surface area contributed by atoms with Gasteiger partial charge in [0.25, 0.3) is 0 Å². The highest BCUT2D eigenvalue weighted by Crippen LogP contribution is 2.23. The number of rotatable bonds is 1. The summed E-state index contributed by atoms with van der Waals surface area (Å²) in [6, 6.07) is 5.31. The predicted molar refractivity (Wildman–Crippen MR) is 69.2 cm³/mol. The number of hydrogen-bond donors (Lipinski definition) is 2. The number of aromatic nitrogens is 1. The number of nitrogens with one attached hydrogen (secondary N) is 1. The van der Waals surface area contributed by atoms with Crippen LogP contribution in [-0.4, -0.2) is 16.1 Å². The SMILES string of the molecule is Cc1[nH]c2c(C(=O)O)cccc2c1C.Cl.Cl. The minimum absolute atomic E-state index is 0.